The number of carbonyl (C=O) groups is 2. The molecule has 0 bridgehead atoms. The Balaban J connectivity index is 1.76. The van der Waals surface area contributed by atoms with E-state index in [1.807, 2.05) is 6.92 Å². The summed E-state index contributed by atoms with van der Waals surface area (Å²) in [7, 11) is 0. The van der Waals surface area contributed by atoms with Crippen LogP contribution in [0.5, 0.6) is 5.75 Å². The Labute approximate surface area is 124 Å². The highest BCUT2D eigenvalue weighted by Crippen LogP contribution is 2.16. The molecule has 5 nitrogen and oxygen atoms in total. The molecule has 1 unspecified atom stereocenters. The van der Waals surface area contributed by atoms with Gasteiger partial charge < -0.3 is 9.84 Å². The predicted molar refractivity (Wildman–Crippen MR) is 78.7 cm³/mol. The van der Waals surface area contributed by atoms with Gasteiger partial charge in [-0.2, -0.15) is 0 Å². The minimum atomic E-state index is -0.940. The van der Waals surface area contributed by atoms with E-state index in [0.717, 1.165) is 26.1 Å². The Bertz CT molecular complexity index is 498. The van der Waals surface area contributed by atoms with E-state index in [4.69, 9.17) is 9.84 Å². The fourth-order valence-corrected chi connectivity index (χ4v) is 2.52. The van der Waals surface area contributed by atoms with E-state index < -0.39 is 5.97 Å². The number of carboxylic acid groups (broad SMARTS) is 1. The van der Waals surface area contributed by atoms with Crippen LogP contribution >= 0.6 is 0 Å². The maximum absolute atomic E-state index is 11.6. The number of ketones is 1. The van der Waals surface area contributed by atoms with Crippen LogP contribution in [0.2, 0.25) is 0 Å². The molecule has 0 radical (unpaired) electrons. The number of hydrogen-bond donors (Lipinski definition) is 1. The van der Waals surface area contributed by atoms with Gasteiger partial charge in [0.1, 0.15) is 18.1 Å². The van der Waals surface area contributed by atoms with Crippen molar-refractivity contribution in [1.82, 2.24) is 4.90 Å². The van der Waals surface area contributed by atoms with Crippen molar-refractivity contribution >= 4 is 11.8 Å². The number of piperidine rings is 1. The molecule has 114 valence electrons. The van der Waals surface area contributed by atoms with E-state index >= 15 is 0 Å². The van der Waals surface area contributed by atoms with Gasteiger partial charge in [0.25, 0.3) is 0 Å². The standard InChI is InChI=1S/C16H21NO4/c1-2-12-11-17(8-7-15(12)18)9-10-21-14-5-3-13(4-6-14)16(19)20/h3-6,12H,2,7-11H2,1H3,(H,19,20). The van der Waals surface area contributed by atoms with Crippen LogP contribution in [0.3, 0.4) is 0 Å². The molecule has 0 aliphatic carbocycles. The minimum absolute atomic E-state index is 0.161. The first kappa shape index (κ1) is 15.5. The number of likely N-dealkylation sites (tertiary alicyclic amines) is 1. The predicted octanol–water partition coefficient (Wildman–Crippen LogP) is 2.06. The number of hydrogen-bond acceptors (Lipinski definition) is 4. The van der Waals surface area contributed by atoms with Crippen molar-refractivity contribution in [2.75, 3.05) is 26.2 Å². The van der Waals surface area contributed by atoms with Gasteiger partial charge in [-0.25, -0.2) is 4.79 Å². The van der Waals surface area contributed by atoms with Crippen molar-refractivity contribution in [2.45, 2.75) is 19.8 Å². The zero-order valence-corrected chi connectivity index (χ0v) is 12.2. The van der Waals surface area contributed by atoms with Crippen LogP contribution in [0.1, 0.15) is 30.1 Å². The van der Waals surface area contributed by atoms with Gasteiger partial charge in [-0.15, -0.1) is 0 Å². The van der Waals surface area contributed by atoms with Crippen molar-refractivity contribution < 1.29 is 19.4 Å². The molecule has 0 spiro atoms. The molecule has 0 aromatic heterocycles. The molecule has 0 amide bonds. The van der Waals surface area contributed by atoms with Gasteiger partial charge in [0.15, 0.2) is 0 Å². The molecule has 1 saturated heterocycles. The third kappa shape index (κ3) is 4.29. The molecule has 1 atom stereocenters. The molecule has 1 fully saturated rings. The number of aromatic carboxylic acids is 1. The Kier molecular flexibility index (Phi) is 5.33. The van der Waals surface area contributed by atoms with Gasteiger partial charge in [-0.05, 0) is 30.7 Å². The molecule has 5 heteroatoms. The Morgan fingerprint density at radius 1 is 1.38 bits per heavy atom. The topological polar surface area (TPSA) is 66.8 Å². The zero-order valence-electron chi connectivity index (χ0n) is 12.2. The summed E-state index contributed by atoms with van der Waals surface area (Å²) in [5.41, 5.74) is 0.252. The maximum atomic E-state index is 11.6. The summed E-state index contributed by atoms with van der Waals surface area (Å²) in [6, 6.07) is 6.39. The molecular weight excluding hydrogens is 270 g/mol. The highest BCUT2D eigenvalue weighted by molar-refractivity contribution is 5.87. The molecule has 0 saturated carbocycles. The number of ether oxygens (including phenoxy) is 1. The van der Waals surface area contributed by atoms with E-state index in [9.17, 15) is 9.59 Å². The fraction of sp³-hybridized carbons (Fsp3) is 0.500. The summed E-state index contributed by atoms with van der Waals surface area (Å²) in [4.78, 5) is 24.6. The Morgan fingerprint density at radius 2 is 2.10 bits per heavy atom. The van der Waals surface area contributed by atoms with Crippen molar-refractivity contribution in [2.24, 2.45) is 5.92 Å². The van der Waals surface area contributed by atoms with Crippen molar-refractivity contribution in [3.8, 4) is 5.75 Å². The molecule has 21 heavy (non-hydrogen) atoms. The van der Waals surface area contributed by atoms with E-state index in [-0.39, 0.29) is 11.5 Å². The summed E-state index contributed by atoms with van der Waals surface area (Å²) in [6.07, 6.45) is 1.53. The number of Topliss-reactive ketones (excluding diaryl/α,β-unsaturated/α-hetero) is 1. The molecule has 1 N–H and O–H groups in total. The molecule has 2 rings (SSSR count). The molecule has 1 heterocycles. The van der Waals surface area contributed by atoms with E-state index in [1.54, 1.807) is 12.1 Å². The fourth-order valence-electron chi connectivity index (χ4n) is 2.52. The molecular formula is C16H21NO4. The number of carboxylic acids is 1. The van der Waals surface area contributed by atoms with Crippen LogP contribution in [-0.4, -0.2) is 48.0 Å². The molecule has 1 aliphatic rings. The third-order valence-corrected chi connectivity index (χ3v) is 3.88. The van der Waals surface area contributed by atoms with Crippen LogP contribution in [0.4, 0.5) is 0 Å². The first-order chi connectivity index (χ1) is 10.1. The maximum Gasteiger partial charge on any atom is 0.335 e. The number of benzene rings is 1. The van der Waals surface area contributed by atoms with Gasteiger partial charge in [0.2, 0.25) is 0 Å². The number of carbonyl (C=O) groups excluding carboxylic acids is 1. The lowest BCUT2D eigenvalue weighted by Gasteiger charge is -2.31. The van der Waals surface area contributed by atoms with Gasteiger partial charge in [-0.1, -0.05) is 6.92 Å². The minimum Gasteiger partial charge on any atom is -0.492 e. The van der Waals surface area contributed by atoms with Crippen LogP contribution < -0.4 is 4.74 Å². The van der Waals surface area contributed by atoms with Crippen LogP contribution in [0.25, 0.3) is 0 Å². The average Bonchev–Trinajstić information content (AvgIpc) is 2.49. The van der Waals surface area contributed by atoms with Crippen LogP contribution in [-0.2, 0) is 4.79 Å². The molecule has 1 aromatic carbocycles. The van der Waals surface area contributed by atoms with E-state index in [0.29, 0.717) is 24.6 Å². The average molecular weight is 291 g/mol. The first-order valence-corrected chi connectivity index (χ1v) is 7.31. The Morgan fingerprint density at radius 3 is 2.71 bits per heavy atom. The smallest absolute Gasteiger partial charge is 0.335 e. The van der Waals surface area contributed by atoms with Crippen LogP contribution in [0, 0.1) is 5.92 Å². The van der Waals surface area contributed by atoms with Crippen molar-refractivity contribution in [1.29, 1.82) is 0 Å². The second kappa shape index (κ2) is 7.22. The summed E-state index contributed by atoms with van der Waals surface area (Å²) >= 11 is 0. The molecule has 1 aromatic rings. The van der Waals surface area contributed by atoms with Gasteiger partial charge >= 0.3 is 5.97 Å². The lowest BCUT2D eigenvalue weighted by molar-refractivity contribution is -0.126. The summed E-state index contributed by atoms with van der Waals surface area (Å²) in [5.74, 6) is 0.262. The monoisotopic (exact) mass is 291 g/mol. The highest BCUT2D eigenvalue weighted by Gasteiger charge is 2.25. The summed E-state index contributed by atoms with van der Waals surface area (Å²) in [6.45, 7) is 4.99. The normalized spacial score (nSPS) is 19.5. The van der Waals surface area contributed by atoms with Crippen molar-refractivity contribution in [3.05, 3.63) is 29.8 Å². The van der Waals surface area contributed by atoms with Crippen LogP contribution in [0.15, 0.2) is 24.3 Å². The van der Waals surface area contributed by atoms with Gasteiger partial charge in [0, 0.05) is 32.0 Å². The lowest BCUT2D eigenvalue weighted by atomic mass is 9.94. The number of rotatable bonds is 6. The number of nitrogens with zero attached hydrogens (tertiary/aromatic N) is 1. The lowest BCUT2D eigenvalue weighted by Crippen LogP contribution is -2.42. The van der Waals surface area contributed by atoms with E-state index in [1.165, 1.54) is 12.1 Å². The van der Waals surface area contributed by atoms with Gasteiger partial charge in [-0.3, -0.25) is 9.69 Å². The molecule has 1 aliphatic heterocycles. The van der Waals surface area contributed by atoms with Crippen molar-refractivity contribution in [3.63, 3.8) is 0 Å². The Hall–Kier alpha value is -1.88. The van der Waals surface area contributed by atoms with E-state index in [2.05, 4.69) is 4.90 Å². The largest absolute Gasteiger partial charge is 0.492 e. The second-order valence-electron chi connectivity index (χ2n) is 5.30. The zero-order chi connectivity index (χ0) is 15.2. The quantitative estimate of drug-likeness (QED) is 0.869. The SMILES string of the molecule is CCC1CN(CCOc2ccc(C(=O)O)cc2)CCC1=O. The summed E-state index contributed by atoms with van der Waals surface area (Å²) in [5, 5.41) is 8.82. The highest BCUT2D eigenvalue weighted by atomic mass is 16.5. The third-order valence-electron chi connectivity index (χ3n) is 3.88. The summed E-state index contributed by atoms with van der Waals surface area (Å²) < 4.78 is 5.62. The van der Waals surface area contributed by atoms with Gasteiger partial charge in [0.05, 0.1) is 5.56 Å². The second-order valence-corrected chi connectivity index (χ2v) is 5.30. The first-order valence-electron chi connectivity index (χ1n) is 7.31.